The van der Waals surface area contributed by atoms with Crippen molar-refractivity contribution in [3.8, 4) is 5.75 Å². The lowest BCUT2D eigenvalue weighted by Gasteiger charge is -2.08. The molecule has 2 rings (SSSR count). The average molecular weight is 210 g/mol. The van der Waals surface area contributed by atoms with Gasteiger partial charge in [0.2, 0.25) is 0 Å². The molecular weight excluding hydrogens is 198 g/mol. The van der Waals surface area contributed by atoms with E-state index in [1.807, 2.05) is 6.07 Å². The van der Waals surface area contributed by atoms with Crippen LogP contribution >= 0.6 is 0 Å². The fourth-order valence-corrected chi connectivity index (χ4v) is 1.59. The van der Waals surface area contributed by atoms with Crippen LogP contribution in [0.1, 0.15) is 29.9 Å². The smallest absolute Gasteiger partial charge is 0.387 e. The normalized spacial score (nSPS) is 15.4. The van der Waals surface area contributed by atoms with Gasteiger partial charge in [-0.15, -0.1) is 0 Å². The van der Waals surface area contributed by atoms with Crippen LogP contribution in [0.4, 0.5) is 8.78 Å². The van der Waals surface area contributed by atoms with Crippen molar-refractivity contribution in [1.29, 1.82) is 0 Å². The summed E-state index contributed by atoms with van der Waals surface area (Å²) in [5, 5.41) is 0. The van der Waals surface area contributed by atoms with Gasteiger partial charge >= 0.3 is 6.61 Å². The second kappa shape index (κ2) is 4.01. The summed E-state index contributed by atoms with van der Waals surface area (Å²) in [5.74, 6) is 0.745. The SMILES string of the molecule is C=Cc1cc(OC(F)F)cc(C2CC2)c1. The highest BCUT2D eigenvalue weighted by Crippen LogP contribution is 2.41. The molecule has 0 unspecified atom stereocenters. The van der Waals surface area contributed by atoms with Crippen LogP contribution in [-0.4, -0.2) is 6.61 Å². The maximum absolute atomic E-state index is 12.1. The molecule has 0 saturated heterocycles. The summed E-state index contributed by atoms with van der Waals surface area (Å²) in [6, 6.07) is 5.24. The summed E-state index contributed by atoms with van der Waals surface area (Å²) in [6.07, 6.45) is 3.91. The molecule has 0 radical (unpaired) electrons. The lowest BCUT2D eigenvalue weighted by molar-refractivity contribution is -0.0498. The van der Waals surface area contributed by atoms with E-state index in [0.29, 0.717) is 5.92 Å². The molecule has 3 heteroatoms. The van der Waals surface area contributed by atoms with Crippen LogP contribution in [0.2, 0.25) is 0 Å². The van der Waals surface area contributed by atoms with E-state index in [-0.39, 0.29) is 5.75 Å². The van der Waals surface area contributed by atoms with E-state index in [1.165, 1.54) is 0 Å². The third-order valence-electron chi connectivity index (χ3n) is 2.46. The van der Waals surface area contributed by atoms with Crippen molar-refractivity contribution >= 4 is 6.08 Å². The molecule has 15 heavy (non-hydrogen) atoms. The molecular formula is C12H12F2O. The predicted molar refractivity (Wildman–Crippen MR) is 55.1 cm³/mol. The lowest BCUT2D eigenvalue weighted by Crippen LogP contribution is -2.02. The van der Waals surface area contributed by atoms with E-state index < -0.39 is 6.61 Å². The summed E-state index contributed by atoms with van der Waals surface area (Å²) < 4.78 is 28.5. The zero-order valence-electron chi connectivity index (χ0n) is 8.25. The van der Waals surface area contributed by atoms with Gasteiger partial charge < -0.3 is 4.74 Å². The van der Waals surface area contributed by atoms with Gasteiger partial charge in [0.25, 0.3) is 0 Å². The summed E-state index contributed by atoms with van der Waals surface area (Å²) in [7, 11) is 0. The van der Waals surface area contributed by atoms with Gasteiger partial charge in [0.15, 0.2) is 0 Å². The van der Waals surface area contributed by atoms with E-state index in [0.717, 1.165) is 24.0 Å². The van der Waals surface area contributed by atoms with Crippen LogP contribution in [0.25, 0.3) is 6.08 Å². The number of benzene rings is 1. The maximum Gasteiger partial charge on any atom is 0.387 e. The van der Waals surface area contributed by atoms with Crippen LogP contribution in [-0.2, 0) is 0 Å². The molecule has 0 heterocycles. The Labute approximate surface area is 87.4 Å². The van der Waals surface area contributed by atoms with Crippen LogP contribution in [0.3, 0.4) is 0 Å². The summed E-state index contributed by atoms with van der Waals surface area (Å²) in [6.45, 7) is 0.862. The molecule has 1 aromatic rings. The highest BCUT2D eigenvalue weighted by molar-refractivity contribution is 5.52. The molecule has 1 nitrogen and oxygen atoms in total. The molecule has 0 aliphatic heterocycles. The molecule has 0 N–H and O–H groups in total. The number of hydrogen-bond donors (Lipinski definition) is 0. The summed E-state index contributed by atoms with van der Waals surface area (Å²) in [4.78, 5) is 0. The van der Waals surface area contributed by atoms with E-state index in [1.54, 1.807) is 18.2 Å². The molecule has 1 fully saturated rings. The zero-order chi connectivity index (χ0) is 10.8. The Hall–Kier alpha value is -1.38. The van der Waals surface area contributed by atoms with Gasteiger partial charge in [0.05, 0.1) is 0 Å². The van der Waals surface area contributed by atoms with Crippen LogP contribution in [0.5, 0.6) is 5.75 Å². The van der Waals surface area contributed by atoms with Gasteiger partial charge in [0.1, 0.15) is 5.75 Å². The number of hydrogen-bond acceptors (Lipinski definition) is 1. The van der Waals surface area contributed by atoms with Gasteiger partial charge in [-0.2, -0.15) is 8.78 Å². The van der Waals surface area contributed by atoms with E-state index >= 15 is 0 Å². The molecule has 0 aromatic heterocycles. The Balaban J connectivity index is 2.28. The predicted octanol–water partition coefficient (Wildman–Crippen LogP) is 3.81. The zero-order valence-corrected chi connectivity index (χ0v) is 8.25. The first-order valence-corrected chi connectivity index (χ1v) is 4.91. The van der Waals surface area contributed by atoms with Crippen LogP contribution in [0.15, 0.2) is 24.8 Å². The van der Waals surface area contributed by atoms with Gasteiger partial charge in [-0.1, -0.05) is 18.7 Å². The first-order chi connectivity index (χ1) is 7.19. The van der Waals surface area contributed by atoms with Crippen molar-refractivity contribution in [3.05, 3.63) is 35.9 Å². The lowest BCUT2D eigenvalue weighted by atomic mass is 10.1. The topological polar surface area (TPSA) is 9.23 Å². The summed E-state index contributed by atoms with van der Waals surface area (Å²) in [5.41, 5.74) is 1.90. The minimum absolute atomic E-state index is 0.226. The highest BCUT2D eigenvalue weighted by atomic mass is 19.3. The van der Waals surface area contributed by atoms with Crippen LogP contribution in [0, 0.1) is 0 Å². The third-order valence-corrected chi connectivity index (χ3v) is 2.46. The largest absolute Gasteiger partial charge is 0.435 e. The van der Waals surface area contributed by atoms with Crippen LogP contribution < -0.4 is 4.74 Å². The number of halogens is 2. The summed E-state index contributed by atoms with van der Waals surface area (Å²) >= 11 is 0. The first-order valence-electron chi connectivity index (χ1n) is 4.91. The van der Waals surface area contributed by atoms with Gasteiger partial charge in [0, 0.05) is 0 Å². The molecule has 1 aliphatic rings. The Morgan fingerprint density at radius 1 is 1.33 bits per heavy atom. The Morgan fingerprint density at radius 3 is 2.60 bits per heavy atom. The average Bonchev–Trinajstić information content (AvgIpc) is 2.99. The molecule has 0 atom stereocenters. The molecule has 1 saturated carbocycles. The molecule has 1 aliphatic carbocycles. The third kappa shape index (κ3) is 2.55. The highest BCUT2D eigenvalue weighted by Gasteiger charge is 2.24. The van der Waals surface area contributed by atoms with Gasteiger partial charge in [-0.25, -0.2) is 0 Å². The van der Waals surface area contributed by atoms with Gasteiger partial charge in [-0.3, -0.25) is 0 Å². The van der Waals surface area contributed by atoms with E-state index in [4.69, 9.17) is 0 Å². The second-order valence-corrected chi connectivity index (χ2v) is 3.69. The number of ether oxygens (including phenoxy) is 1. The monoisotopic (exact) mass is 210 g/mol. The van der Waals surface area contributed by atoms with Gasteiger partial charge in [-0.05, 0) is 42.0 Å². The minimum atomic E-state index is -2.77. The molecule has 0 spiro atoms. The number of rotatable bonds is 4. The van der Waals surface area contributed by atoms with Crippen molar-refractivity contribution in [1.82, 2.24) is 0 Å². The van der Waals surface area contributed by atoms with E-state index in [9.17, 15) is 8.78 Å². The van der Waals surface area contributed by atoms with Crippen molar-refractivity contribution in [2.45, 2.75) is 25.4 Å². The Morgan fingerprint density at radius 2 is 2.07 bits per heavy atom. The van der Waals surface area contributed by atoms with Crippen molar-refractivity contribution in [2.24, 2.45) is 0 Å². The minimum Gasteiger partial charge on any atom is -0.435 e. The number of alkyl halides is 2. The quantitative estimate of drug-likeness (QED) is 0.734. The molecule has 0 bridgehead atoms. The second-order valence-electron chi connectivity index (χ2n) is 3.69. The standard InChI is InChI=1S/C12H12F2O/c1-2-8-5-10(9-3-4-9)7-11(6-8)15-12(13)14/h2,5-7,9,12H,1,3-4H2. The van der Waals surface area contributed by atoms with E-state index in [2.05, 4.69) is 11.3 Å². The van der Waals surface area contributed by atoms with Crippen molar-refractivity contribution < 1.29 is 13.5 Å². The Kier molecular flexibility index (Phi) is 2.71. The fraction of sp³-hybridized carbons (Fsp3) is 0.333. The fourth-order valence-electron chi connectivity index (χ4n) is 1.59. The molecule has 1 aromatic carbocycles. The van der Waals surface area contributed by atoms with Crippen molar-refractivity contribution in [2.75, 3.05) is 0 Å². The molecule has 80 valence electrons. The maximum atomic E-state index is 12.1. The first kappa shape index (κ1) is 10.1. The Bertz CT molecular complexity index is 370. The van der Waals surface area contributed by atoms with Crippen molar-refractivity contribution in [3.63, 3.8) is 0 Å². The molecule has 0 amide bonds.